The van der Waals surface area contributed by atoms with Crippen LogP contribution in [0.1, 0.15) is 35.3 Å². The van der Waals surface area contributed by atoms with Crippen molar-refractivity contribution in [1.82, 2.24) is 0 Å². The largest absolute Gasteiger partial charge is 0.495 e. The van der Waals surface area contributed by atoms with Crippen LogP contribution in [0.5, 0.6) is 11.5 Å². The van der Waals surface area contributed by atoms with Crippen molar-refractivity contribution in [3.05, 3.63) is 64.7 Å². The average Bonchev–Trinajstić information content (AvgIpc) is 2.56. The number of methoxy groups -OCH3 is 1. The standard InChI is InChI=1S/C20H18F2O3/c1-20(2)9-8-14-18(25-20)7-5-13(19(14)24-3)17(23)11-12-4-6-15(21)16(22)10-12/h4-10H,11H2,1-3H3. The Labute approximate surface area is 144 Å². The number of Topliss-reactive ketones (excluding diaryl/α,β-unsaturated/α-hetero) is 1. The third-order valence-electron chi connectivity index (χ3n) is 4.03. The van der Waals surface area contributed by atoms with Gasteiger partial charge in [0.25, 0.3) is 0 Å². The first-order chi connectivity index (χ1) is 11.8. The van der Waals surface area contributed by atoms with Gasteiger partial charge >= 0.3 is 0 Å². The van der Waals surface area contributed by atoms with Crippen molar-refractivity contribution in [2.75, 3.05) is 7.11 Å². The van der Waals surface area contributed by atoms with Gasteiger partial charge < -0.3 is 9.47 Å². The molecule has 2 aromatic carbocycles. The monoisotopic (exact) mass is 344 g/mol. The maximum atomic E-state index is 13.3. The van der Waals surface area contributed by atoms with E-state index in [4.69, 9.17) is 9.47 Å². The first-order valence-electron chi connectivity index (χ1n) is 7.87. The molecule has 130 valence electrons. The van der Waals surface area contributed by atoms with Gasteiger partial charge in [-0.25, -0.2) is 8.78 Å². The normalized spacial score (nSPS) is 14.6. The lowest BCUT2D eigenvalue weighted by atomic mass is 9.96. The smallest absolute Gasteiger partial charge is 0.170 e. The highest BCUT2D eigenvalue weighted by molar-refractivity contribution is 6.01. The zero-order chi connectivity index (χ0) is 18.2. The minimum atomic E-state index is -0.971. The molecule has 0 amide bonds. The Bertz CT molecular complexity index is 869. The number of fused-ring (bicyclic) bond motifs is 1. The molecular formula is C20H18F2O3. The lowest BCUT2D eigenvalue weighted by Gasteiger charge is -2.29. The molecule has 0 fully saturated rings. The highest BCUT2D eigenvalue weighted by Crippen LogP contribution is 2.39. The van der Waals surface area contributed by atoms with Crippen LogP contribution in [0.25, 0.3) is 6.08 Å². The Balaban J connectivity index is 1.94. The Morgan fingerprint density at radius 2 is 1.92 bits per heavy atom. The van der Waals surface area contributed by atoms with Crippen molar-refractivity contribution in [1.29, 1.82) is 0 Å². The van der Waals surface area contributed by atoms with Crippen molar-refractivity contribution in [3.8, 4) is 11.5 Å². The van der Waals surface area contributed by atoms with Crippen molar-refractivity contribution in [3.63, 3.8) is 0 Å². The molecule has 0 aliphatic carbocycles. The van der Waals surface area contributed by atoms with Crippen LogP contribution in [0.15, 0.2) is 36.4 Å². The highest BCUT2D eigenvalue weighted by Gasteiger charge is 2.26. The predicted molar refractivity (Wildman–Crippen MR) is 91.1 cm³/mol. The van der Waals surface area contributed by atoms with Gasteiger partial charge in [0, 0.05) is 6.42 Å². The number of halogens is 2. The topological polar surface area (TPSA) is 35.5 Å². The summed E-state index contributed by atoms with van der Waals surface area (Å²) >= 11 is 0. The molecule has 5 heteroatoms. The fraction of sp³-hybridized carbons (Fsp3) is 0.250. The molecule has 25 heavy (non-hydrogen) atoms. The lowest BCUT2D eigenvalue weighted by Crippen LogP contribution is -2.27. The summed E-state index contributed by atoms with van der Waals surface area (Å²) < 4.78 is 37.7. The van der Waals surface area contributed by atoms with E-state index < -0.39 is 17.2 Å². The van der Waals surface area contributed by atoms with Gasteiger partial charge in [0.2, 0.25) is 0 Å². The second-order valence-electron chi connectivity index (χ2n) is 6.45. The third-order valence-corrected chi connectivity index (χ3v) is 4.03. The summed E-state index contributed by atoms with van der Waals surface area (Å²) in [5, 5.41) is 0. The summed E-state index contributed by atoms with van der Waals surface area (Å²) in [4.78, 5) is 12.6. The Morgan fingerprint density at radius 1 is 1.16 bits per heavy atom. The molecule has 0 N–H and O–H groups in total. The molecule has 1 aliphatic rings. The second kappa shape index (κ2) is 6.31. The number of carbonyl (C=O) groups is 1. The van der Waals surface area contributed by atoms with Crippen LogP contribution < -0.4 is 9.47 Å². The van der Waals surface area contributed by atoms with Crippen molar-refractivity contribution in [2.24, 2.45) is 0 Å². The molecule has 0 aromatic heterocycles. The lowest BCUT2D eigenvalue weighted by molar-refractivity contribution is 0.0989. The molecule has 1 aliphatic heterocycles. The fourth-order valence-electron chi connectivity index (χ4n) is 2.80. The quantitative estimate of drug-likeness (QED) is 0.762. The maximum Gasteiger partial charge on any atom is 0.170 e. The molecule has 0 radical (unpaired) electrons. The first-order valence-corrected chi connectivity index (χ1v) is 7.87. The van der Waals surface area contributed by atoms with E-state index in [-0.39, 0.29) is 12.2 Å². The minimum absolute atomic E-state index is 0.0532. The fourth-order valence-corrected chi connectivity index (χ4v) is 2.80. The van der Waals surface area contributed by atoms with Gasteiger partial charge in [-0.05, 0) is 55.8 Å². The molecule has 0 saturated carbocycles. The summed E-state index contributed by atoms with van der Waals surface area (Å²) in [6, 6.07) is 6.80. The number of ketones is 1. The molecule has 0 spiro atoms. The van der Waals surface area contributed by atoms with Crippen molar-refractivity contribution < 1.29 is 23.0 Å². The summed E-state index contributed by atoms with van der Waals surface area (Å²) in [7, 11) is 1.48. The average molecular weight is 344 g/mol. The van der Waals surface area contributed by atoms with E-state index in [1.165, 1.54) is 13.2 Å². The van der Waals surface area contributed by atoms with E-state index in [1.807, 2.05) is 26.0 Å². The molecule has 0 atom stereocenters. The molecule has 0 unspecified atom stereocenters. The van der Waals surface area contributed by atoms with Gasteiger partial charge in [-0.15, -0.1) is 0 Å². The maximum absolute atomic E-state index is 13.3. The van der Waals surface area contributed by atoms with Crippen LogP contribution in [0, 0.1) is 11.6 Å². The second-order valence-corrected chi connectivity index (χ2v) is 6.45. The minimum Gasteiger partial charge on any atom is -0.495 e. The Morgan fingerprint density at radius 3 is 2.60 bits per heavy atom. The molecule has 3 nitrogen and oxygen atoms in total. The van der Waals surface area contributed by atoms with Crippen LogP contribution in [-0.4, -0.2) is 18.5 Å². The van der Waals surface area contributed by atoms with Gasteiger partial charge in [-0.1, -0.05) is 6.07 Å². The summed E-state index contributed by atoms with van der Waals surface area (Å²) in [5.41, 5.74) is 1.03. The predicted octanol–water partition coefficient (Wildman–Crippen LogP) is 4.58. The van der Waals surface area contributed by atoms with Gasteiger partial charge in [-0.3, -0.25) is 4.79 Å². The molecule has 3 rings (SSSR count). The number of hydrogen-bond donors (Lipinski definition) is 0. The van der Waals surface area contributed by atoms with E-state index in [0.717, 1.165) is 12.1 Å². The van der Waals surface area contributed by atoms with Crippen LogP contribution in [0.3, 0.4) is 0 Å². The van der Waals surface area contributed by atoms with Crippen LogP contribution in [0.2, 0.25) is 0 Å². The summed E-state index contributed by atoms with van der Waals surface area (Å²) in [6.07, 6.45) is 3.70. The van der Waals surface area contributed by atoms with Gasteiger partial charge in [-0.2, -0.15) is 0 Å². The number of hydrogen-bond acceptors (Lipinski definition) is 3. The number of ether oxygens (including phenoxy) is 2. The van der Waals surface area contributed by atoms with Crippen LogP contribution in [0.4, 0.5) is 8.78 Å². The van der Waals surface area contributed by atoms with Crippen LogP contribution in [-0.2, 0) is 6.42 Å². The molecule has 0 bridgehead atoms. The highest BCUT2D eigenvalue weighted by atomic mass is 19.2. The number of rotatable bonds is 4. The number of benzene rings is 2. The Hall–Kier alpha value is -2.69. The molecule has 2 aromatic rings. The van der Waals surface area contributed by atoms with E-state index in [9.17, 15) is 13.6 Å². The summed E-state index contributed by atoms with van der Waals surface area (Å²) in [5.74, 6) is -1.11. The van der Waals surface area contributed by atoms with E-state index in [2.05, 4.69) is 0 Å². The SMILES string of the molecule is COc1c(C(=O)Cc2ccc(F)c(F)c2)ccc2c1C=CC(C)(C)O2. The van der Waals surface area contributed by atoms with Gasteiger partial charge in [0.15, 0.2) is 17.4 Å². The Kier molecular flexibility index (Phi) is 4.33. The molecule has 1 heterocycles. The van der Waals surface area contributed by atoms with Gasteiger partial charge in [0.1, 0.15) is 17.1 Å². The zero-order valence-electron chi connectivity index (χ0n) is 14.2. The molecular weight excluding hydrogens is 326 g/mol. The van der Waals surface area contributed by atoms with Crippen molar-refractivity contribution in [2.45, 2.75) is 25.9 Å². The molecule has 0 saturated heterocycles. The van der Waals surface area contributed by atoms with Crippen LogP contribution >= 0.6 is 0 Å². The van der Waals surface area contributed by atoms with Gasteiger partial charge in [0.05, 0.1) is 18.2 Å². The van der Waals surface area contributed by atoms with Crippen molar-refractivity contribution >= 4 is 11.9 Å². The van der Waals surface area contributed by atoms with E-state index in [0.29, 0.717) is 28.2 Å². The number of carbonyl (C=O) groups excluding carboxylic acids is 1. The van der Waals surface area contributed by atoms with E-state index >= 15 is 0 Å². The third kappa shape index (κ3) is 3.40. The zero-order valence-corrected chi connectivity index (χ0v) is 14.2. The summed E-state index contributed by atoms with van der Waals surface area (Å²) in [6.45, 7) is 3.86. The van der Waals surface area contributed by atoms with E-state index in [1.54, 1.807) is 12.1 Å². The first kappa shape index (κ1) is 17.1.